The summed E-state index contributed by atoms with van der Waals surface area (Å²) in [7, 11) is 0. The molecule has 0 aliphatic heterocycles. The number of hydrogen-bond acceptors (Lipinski definition) is 3. The highest BCUT2D eigenvalue weighted by Crippen LogP contribution is 2.26. The zero-order valence-corrected chi connectivity index (χ0v) is 16.4. The van der Waals surface area contributed by atoms with Gasteiger partial charge in [-0.25, -0.2) is 0 Å². The van der Waals surface area contributed by atoms with Gasteiger partial charge in [0.15, 0.2) is 6.61 Å². The Morgan fingerprint density at radius 3 is 2.63 bits per heavy atom. The minimum absolute atomic E-state index is 0.0655. The molecular weight excluding hydrogens is 404 g/mol. The number of nitrogens with zero attached hydrogens (tertiary/aromatic N) is 1. The van der Waals surface area contributed by atoms with E-state index in [9.17, 15) is 4.79 Å². The predicted octanol–water partition coefficient (Wildman–Crippen LogP) is 5.53. The van der Waals surface area contributed by atoms with E-state index in [1.807, 2.05) is 79.7 Å². The number of rotatable bonds is 6. The topological polar surface area (TPSA) is 50.7 Å². The minimum Gasteiger partial charge on any atom is -0.483 e. The van der Waals surface area contributed by atoms with Crippen LogP contribution < -0.4 is 10.1 Å². The van der Waals surface area contributed by atoms with Gasteiger partial charge in [-0.05, 0) is 76.4 Å². The van der Waals surface area contributed by atoms with Crippen molar-refractivity contribution in [2.24, 2.45) is 4.99 Å². The number of anilines is 1. The Labute approximate surface area is 167 Å². The molecule has 3 rings (SSSR count). The predicted molar refractivity (Wildman–Crippen MR) is 113 cm³/mol. The standard InChI is InChI=1S/C22H19BrN2O2/c1-16-6-5-9-19(12-16)25-22(26)15-27-21-11-10-17(13-20(21)23)14-24-18-7-3-2-4-8-18/h2-14H,15H2,1H3,(H,25,26). The summed E-state index contributed by atoms with van der Waals surface area (Å²) in [5.41, 5.74) is 3.67. The molecule has 5 heteroatoms. The summed E-state index contributed by atoms with van der Waals surface area (Å²) in [6, 6.07) is 23.0. The minimum atomic E-state index is -0.206. The molecule has 0 spiro atoms. The molecule has 3 aromatic carbocycles. The number of halogens is 1. The highest BCUT2D eigenvalue weighted by molar-refractivity contribution is 9.10. The normalized spacial score (nSPS) is 10.7. The van der Waals surface area contributed by atoms with E-state index in [-0.39, 0.29) is 12.5 Å². The Bertz CT molecular complexity index is 956. The maximum Gasteiger partial charge on any atom is 0.262 e. The van der Waals surface area contributed by atoms with Crippen molar-refractivity contribution in [2.75, 3.05) is 11.9 Å². The molecule has 0 unspecified atom stereocenters. The molecule has 0 aliphatic carbocycles. The second-order valence-corrected chi connectivity index (χ2v) is 6.84. The summed E-state index contributed by atoms with van der Waals surface area (Å²) >= 11 is 3.48. The molecule has 0 atom stereocenters. The number of carbonyl (C=O) groups is 1. The number of ether oxygens (including phenoxy) is 1. The van der Waals surface area contributed by atoms with Crippen LogP contribution in [0, 0.1) is 6.92 Å². The summed E-state index contributed by atoms with van der Waals surface area (Å²) in [6.45, 7) is 1.91. The number of amides is 1. The van der Waals surface area contributed by atoms with Crippen LogP contribution in [0.4, 0.5) is 11.4 Å². The van der Waals surface area contributed by atoms with E-state index in [4.69, 9.17) is 4.74 Å². The van der Waals surface area contributed by atoms with Gasteiger partial charge in [-0.1, -0.05) is 30.3 Å². The Balaban J connectivity index is 1.57. The lowest BCUT2D eigenvalue weighted by atomic mass is 10.2. The lowest BCUT2D eigenvalue weighted by molar-refractivity contribution is -0.118. The van der Waals surface area contributed by atoms with Gasteiger partial charge in [-0.3, -0.25) is 9.79 Å². The third kappa shape index (κ3) is 5.79. The van der Waals surface area contributed by atoms with E-state index in [1.54, 1.807) is 6.21 Å². The molecule has 27 heavy (non-hydrogen) atoms. The van der Waals surface area contributed by atoms with Gasteiger partial charge in [-0.2, -0.15) is 0 Å². The molecule has 0 aromatic heterocycles. The fraction of sp³-hybridized carbons (Fsp3) is 0.0909. The van der Waals surface area contributed by atoms with Gasteiger partial charge in [0.25, 0.3) is 5.91 Å². The van der Waals surface area contributed by atoms with Gasteiger partial charge >= 0.3 is 0 Å². The fourth-order valence-electron chi connectivity index (χ4n) is 2.44. The maximum atomic E-state index is 12.1. The van der Waals surface area contributed by atoms with Crippen molar-refractivity contribution in [3.8, 4) is 5.75 Å². The fourth-order valence-corrected chi connectivity index (χ4v) is 2.95. The zero-order chi connectivity index (χ0) is 19.1. The van der Waals surface area contributed by atoms with Crippen LogP contribution in [0.1, 0.15) is 11.1 Å². The molecule has 1 N–H and O–H groups in total. The number of benzene rings is 3. The van der Waals surface area contributed by atoms with Crippen LogP contribution in [0.15, 0.2) is 82.3 Å². The van der Waals surface area contributed by atoms with Crippen LogP contribution in [0.2, 0.25) is 0 Å². The van der Waals surface area contributed by atoms with Gasteiger partial charge in [0.1, 0.15) is 5.75 Å². The number of nitrogens with one attached hydrogen (secondary N) is 1. The summed E-state index contributed by atoms with van der Waals surface area (Å²) in [6.07, 6.45) is 1.79. The number of aliphatic imine (C=N–C) groups is 1. The van der Waals surface area contributed by atoms with Crippen molar-refractivity contribution in [3.63, 3.8) is 0 Å². The second kappa shape index (κ2) is 9.14. The number of para-hydroxylation sites is 1. The highest BCUT2D eigenvalue weighted by Gasteiger charge is 2.07. The summed E-state index contributed by atoms with van der Waals surface area (Å²) in [5, 5.41) is 2.82. The van der Waals surface area contributed by atoms with Crippen LogP contribution in [0.25, 0.3) is 0 Å². The molecule has 0 aliphatic rings. The Hall–Kier alpha value is -2.92. The first-order valence-electron chi connectivity index (χ1n) is 8.48. The number of hydrogen-bond donors (Lipinski definition) is 1. The van der Waals surface area contributed by atoms with Crippen molar-refractivity contribution in [2.45, 2.75) is 6.92 Å². The van der Waals surface area contributed by atoms with Crippen LogP contribution in [-0.4, -0.2) is 18.7 Å². The lowest BCUT2D eigenvalue weighted by Gasteiger charge is -2.10. The first-order chi connectivity index (χ1) is 13.1. The van der Waals surface area contributed by atoms with Crippen LogP contribution >= 0.6 is 15.9 Å². The summed E-state index contributed by atoms with van der Waals surface area (Å²) in [4.78, 5) is 16.5. The summed E-state index contributed by atoms with van der Waals surface area (Å²) < 4.78 is 6.38. The molecule has 1 amide bonds. The molecule has 0 fully saturated rings. The van der Waals surface area contributed by atoms with Gasteiger partial charge < -0.3 is 10.1 Å². The molecule has 0 heterocycles. The lowest BCUT2D eigenvalue weighted by Crippen LogP contribution is -2.20. The monoisotopic (exact) mass is 422 g/mol. The Morgan fingerprint density at radius 2 is 1.89 bits per heavy atom. The van der Waals surface area contributed by atoms with Crippen LogP contribution in [0.3, 0.4) is 0 Å². The van der Waals surface area contributed by atoms with Crippen LogP contribution in [0.5, 0.6) is 5.75 Å². The van der Waals surface area contributed by atoms with Gasteiger partial charge in [-0.15, -0.1) is 0 Å². The van der Waals surface area contributed by atoms with Gasteiger partial charge in [0.2, 0.25) is 0 Å². The van der Waals surface area contributed by atoms with E-state index >= 15 is 0 Å². The first kappa shape index (κ1) is 18.9. The van der Waals surface area contributed by atoms with Crippen molar-refractivity contribution >= 4 is 39.4 Å². The molecule has 136 valence electrons. The molecule has 0 saturated carbocycles. The molecule has 3 aromatic rings. The average Bonchev–Trinajstić information content (AvgIpc) is 2.66. The summed E-state index contributed by atoms with van der Waals surface area (Å²) in [5.74, 6) is 0.397. The zero-order valence-electron chi connectivity index (χ0n) is 14.9. The molecule has 0 radical (unpaired) electrons. The first-order valence-corrected chi connectivity index (χ1v) is 9.27. The molecule has 0 saturated heterocycles. The Morgan fingerprint density at radius 1 is 1.07 bits per heavy atom. The smallest absolute Gasteiger partial charge is 0.262 e. The van der Waals surface area contributed by atoms with Crippen molar-refractivity contribution < 1.29 is 9.53 Å². The largest absolute Gasteiger partial charge is 0.483 e. The third-order valence-corrected chi connectivity index (χ3v) is 4.36. The van der Waals surface area contributed by atoms with Crippen LogP contribution in [-0.2, 0) is 4.79 Å². The van der Waals surface area contributed by atoms with Crippen molar-refractivity contribution in [3.05, 3.63) is 88.4 Å². The second-order valence-electron chi connectivity index (χ2n) is 5.99. The molecular formula is C22H19BrN2O2. The van der Waals surface area contributed by atoms with E-state index in [1.165, 1.54) is 0 Å². The van der Waals surface area contributed by atoms with E-state index in [2.05, 4.69) is 26.2 Å². The number of aryl methyl sites for hydroxylation is 1. The van der Waals surface area contributed by atoms with Crippen molar-refractivity contribution in [1.29, 1.82) is 0 Å². The van der Waals surface area contributed by atoms with E-state index in [0.717, 1.165) is 27.0 Å². The van der Waals surface area contributed by atoms with E-state index < -0.39 is 0 Å². The molecule has 4 nitrogen and oxygen atoms in total. The average molecular weight is 423 g/mol. The molecule has 0 bridgehead atoms. The maximum absolute atomic E-state index is 12.1. The number of carbonyl (C=O) groups excluding carboxylic acids is 1. The highest BCUT2D eigenvalue weighted by atomic mass is 79.9. The van der Waals surface area contributed by atoms with Gasteiger partial charge in [0, 0.05) is 11.9 Å². The Kier molecular flexibility index (Phi) is 6.39. The third-order valence-electron chi connectivity index (χ3n) is 3.74. The van der Waals surface area contributed by atoms with Crippen molar-refractivity contribution in [1.82, 2.24) is 0 Å². The van der Waals surface area contributed by atoms with E-state index in [0.29, 0.717) is 5.75 Å². The quantitative estimate of drug-likeness (QED) is 0.531. The SMILES string of the molecule is Cc1cccc(NC(=O)COc2ccc(C=Nc3ccccc3)cc2Br)c1. The van der Waals surface area contributed by atoms with Gasteiger partial charge in [0.05, 0.1) is 10.2 Å².